The number of hydrogen-bond acceptors (Lipinski definition) is 4. The van der Waals surface area contributed by atoms with E-state index in [1.54, 1.807) is 37.4 Å². The SMILES string of the molecule is CC(C)n1ccnc1-c1ccc(C(=O)N[C@H](C)[C@@H](O)c2ccc(O)cc2)cc1. The Morgan fingerprint density at radius 2 is 1.68 bits per heavy atom. The first kappa shape index (κ1) is 19.6. The van der Waals surface area contributed by atoms with Gasteiger partial charge in [-0.3, -0.25) is 4.79 Å². The summed E-state index contributed by atoms with van der Waals surface area (Å²) >= 11 is 0. The lowest BCUT2D eigenvalue weighted by atomic mass is 10.0. The lowest BCUT2D eigenvalue weighted by molar-refractivity contribution is 0.0852. The fourth-order valence-corrected chi connectivity index (χ4v) is 3.05. The number of aliphatic hydroxyl groups excluding tert-OH is 1. The molecule has 0 bridgehead atoms. The van der Waals surface area contributed by atoms with Gasteiger partial charge in [0.2, 0.25) is 0 Å². The number of amides is 1. The van der Waals surface area contributed by atoms with Gasteiger partial charge in [0.05, 0.1) is 12.1 Å². The fourth-order valence-electron chi connectivity index (χ4n) is 3.05. The van der Waals surface area contributed by atoms with Crippen LogP contribution >= 0.6 is 0 Å². The molecule has 0 saturated carbocycles. The Hall–Kier alpha value is -3.12. The number of aliphatic hydroxyl groups is 1. The number of nitrogens with one attached hydrogen (secondary N) is 1. The zero-order valence-corrected chi connectivity index (χ0v) is 16.2. The van der Waals surface area contributed by atoms with Crippen LogP contribution in [0.4, 0.5) is 0 Å². The molecule has 6 heteroatoms. The predicted octanol–water partition coefficient (Wildman–Crippen LogP) is 3.69. The summed E-state index contributed by atoms with van der Waals surface area (Å²) in [6.45, 7) is 5.92. The second kappa shape index (κ2) is 8.27. The Labute approximate surface area is 164 Å². The van der Waals surface area contributed by atoms with Gasteiger partial charge < -0.3 is 20.1 Å². The number of nitrogens with zero attached hydrogens (tertiary/aromatic N) is 2. The van der Waals surface area contributed by atoms with Crippen LogP contribution < -0.4 is 5.32 Å². The van der Waals surface area contributed by atoms with E-state index < -0.39 is 12.1 Å². The molecule has 6 nitrogen and oxygen atoms in total. The van der Waals surface area contributed by atoms with Crippen LogP contribution in [-0.2, 0) is 0 Å². The molecule has 0 saturated heterocycles. The van der Waals surface area contributed by atoms with Gasteiger partial charge in [0.1, 0.15) is 11.6 Å². The number of phenols is 1. The van der Waals surface area contributed by atoms with Crippen molar-refractivity contribution in [1.82, 2.24) is 14.9 Å². The number of benzene rings is 2. The van der Waals surface area contributed by atoms with Gasteiger partial charge in [-0.1, -0.05) is 24.3 Å². The first-order chi connectivity index (χ1) is 13.4. The van der Waals surface area contributed by atoms with E-state index in [0.29, 0.717) is 17.2 Å². The maximum Gasteiger partial charge on any atom is 0.251 e. The van der Waals surface area contributed by atoms with Crippen molar-refractivity contribution in [1.29, 1.82) is 0 Å². The third-order valence-electron chi connectivity index (χ3n) is 4.70. The third kappa shape index (κ3) is 4.23. The molecule has 2 atom stereocenters. The van der Waals surface area contributed by atoms with Gasteiger partial charge in [0, 0.05) is 29.6 Å². The molecular weight excluding hydrogens is 354 g/mol. The van der Waals surface area contributed by atoms with E-state index >= 15 is 0 Å². The summed E-state index contributed by atoms with van der Waals surface area (Å²) < 4.78 is 2.07. The normalized spacial score (nSPS) is 13.3. The Balaban J connectivity index is 1.69. The number of aromatic hydroxyl groups is 1. The van der Waals surface area contributed by atoms with Crippen molar-refractivity contribution in [3.8, 4) is 17.1 Å². The molecule has 0 unspecified atom stereocenters. The van der Waals surface area contributed by atoms with E-state index in [1.165, 1.54) is 12.1 Å². The Morgan fingerprint density at radius 1 is 1.04 bits per heavy atom. The van der Waals surface area contributed by atoms with E-state index in [-0.39, 0.29) is 11.7 Å². The molecule has 146 valence electrons. The van der Waals surface area contributed by atoms with Crippen LogP contribution in [0.25, 0.3) is 11.4 Å². The van der Waals surface area contributed by atoms with E-state index in [0.717, 1.165) is 11.4 Å². The lowest BCUT2D eigenvalue weighted by Crippen LogP contribution is -2.37. The van der Waals surface area contributed by atoms with Gasteiger partial charge in [0.15, 0.2) is 0 Å². The molecule has 0 aliphatic heterocycles. The van der Waals surface area contributed by atoms with E-state index in [4.69, 9.17) is 0 Å². The van der Waals surface area contributed by atoms with Crippen LogP contribution in [0.3, 0.4) is 0 Å². The highest BCUT2D eigenvalue weighted by Crippen LogP contribution is 2.22. The number of rotatable bonds is 6. The average Bonchev–Trinajstić information content (AvgIpc) is 3.18. The zero-order chi connectivity index (χ0) is 20.3. The molecule has 0 radical (unpaired) electrons. The predicted molar refractivity (Wildman–Crippen MR) is 108 cm³/mol. The number of aromatic nitrogens is 2. The standard InChI is InChI=1S/C22H25N3O3/c1-14(2)25-13-12-23-21(25)17-4-6-18(7-5-17)22(28)24-15(3)20(27)16-8-10-19(26)11-9-16/h4-15,20,26-27H,1-3H3,(H,24,28)/t15-,20-/m1/s1. The maximum atomic E-state index is 12.5. The van der Waals surface area contributed by atoms with Gasteiger partial charge in [0.25, 0.3) is 5.91 Å². The van der Waals surface area contributed by atoms with Gasteiger partial charge in [-0.2, -0.15) is 0 Å². The Kier molecular flexibility index (Phi) is 5.80. The monoisotopic (exact) mass is 379 g/mol. The van der Waals surface area contributed by atoms with Crippen molar-refractivity contribution in [3.63, 3.8) is 0 Å². The molecule has 1 amide bonds. The topological polar surface area (TPSA) is 87.4 Å². The lowest BCUT2D eigenvalue weighted by Gasteiger charge is -2.21. The molecule has 3 rings (SSSR count). The van der Waals surface area contributed by atoms with Crippen molar-refractivity contribution in [2.24, 2.45) is 0 Å². The second-order valence-corrected chi connectivity index (χ2v) is 7.13. The first-order valence-corrected chi connectivity index (χ1v) is 9.28. The van der Waals surface area contributed by atoms with Crippen molar-refractivity contribution >= 4 is 5.91 Å². The van der Waals surface area contributed by atoms with Crippen molar-refractivity contribution in [2.45, 2.75) is 39.0 Å². The summed E-state index contributed by atoms with van der Waals surface area (Å²) in [4.78, 5) is 16.9. The van der Waals surface area contributed by atoms with E-state index in [2.05, 4.69) is 28.7 Å². The highest BCUT2D eigenvalue weighted by molar-refractivity contribution is 5.94. The average molecular weight is 379 g/mol. The van der Waals surface area contributed by atoms with Crippen molar-refractivity contribution in [3.05, 3.63) is 72.1 Å². The molecule has 1 heterocycles. The minimum absolute atomic E-state index is 0.130. The molecule has 0 spiro atoms. The molecule has 3 aromatic rings. The molecule has 0 aliphatic rings. The fraction of sp³-hybridized carbons (Fsp3) is 0.273. The molecule has 28 heavy (non-hydrogen) atoms. The van der Waals surface area contributed by atoms with Crippen molar-refractivity contribution < 1.29 is 15.0 Å². The highest BCUT2D eigenvalue weighted by atomic mass is 16.3. The number of imidazole rings is 1. The molecule has 1 aromatic heterocycles. The number of phenolic OH excluding ortho intramolecular Hbond substituents is 1. The number of carbonyl (C=O) groups excluding carboxylic acids is 1. The molecular formula is C22H25N3O3. The minimum Gasteiger partial charge on any atom is -0.508 e. The second-order valence-electron chi connectivity index (χ2n) is 7.13. The van der Waals surface area contributed by atoms with Crippen LogP contribution in [0.5, 0.6) is 5.75 Å². The van der Waals surface area contributed by atoms with Crippen LogP contribution in [0.1, 0.15) is 48.8 Å². The summed E-state index contributed by atoms with van der Waals surface area (Å²) in [6, 6.07) is 13.3. The quantitative estimate of drug-likeness (QED) is 0.610. The molecule has 2 aromatic carbocycles. The summed E-state index contributed by atoms with van der Waals surface area (Å²) in [5.41, 5.74) is 2.07. The van der Waals surface area contributed by atoms with E-state index in [1.807, 2.05) is 18.3 Å². The molecule has 0 aliphatic carbocycles. The molecule has 3 N–H and O–H groups in total. The van der Waals surface area contributed by atoms with E-state index in [9.17, 15) is 15.0 Å². The van der Waals surface area contributed by atoms with Gasteiger partial charge in [-0.25, -0.2) is 4.98 Å². The minimum atomic E-state index is -0.873. The van der Waals surface area contributed by atoms with Gasteiger partial charge >= 0.3 is 0 Å². The summed E-state index contributed by atoms with van der Waals surface area (Å²) in [5, 5.41) is 22.6. The van der Waals surface area contributed by atoms with Gasteiger partial charge in [-0.05, 0) is 50.6 Å². The maximum absolute atomic E-state index is 12.5. The summed E-state index contributed by atoms with van der Waals surface area (Å²) in [6.07, 6.45) is 2.83. The Morgan fingerprint density at radius 3 is 2.29 bits per heavy atom. The number of carbonyl (C=O) groups is 1. The summed E-state index contributed by atoms with van der Waals surface area (Å²) in [7, 11) is 0. The zero-order valence-electron chi connectivity index (χ0n) is 16.2. The van der Waals surface area contributed by atoms with Crippen LogP contribution in [0.2, 0.25) is 0 Å². The third-order valence-corrected chi connectivity index (χ3v) is 4.70. The van der Waals surface area contributed by atoms with Crippen LogP contribution in [-0.4, -0.2) is 31.7 Å². The number of hydrogen-bond donors (Lipinski definition) is 3. The largest absolute Gasteiger partial charge is 0.508 e. The Bertz CT molecular complexity index is 930. The van der Waals surface area contributed by atoms with Crippen LogP contribution in [0, 0.1) is 0 Å². The van der Waals surface area contributed by atoms with Crippen LogP contribution in [0.15, 0.2) is 60.9 Å². The highest BCUT2D eigenvalue weighted by Gasteiger charge is 2.19. The summed E-state index contributed by atoms with van der Waals surface area (Å²) in [5.74, 6) is 0.730. The van der Waals surface area contributed by atoms with Crippen molar-refractivity contribution in [2.75, 3.05) is 0 Å². The molecule has 0 fully saturated rings. The smallest absolute Gasteiger partial charge is 0.251 e. The first-order valence-electron chi connectivity index (χ1n) is 9.28. The van der Waals surface area contributed by atoms with Gasteiger partial charge in [-0.15, -0.1) is 0 Å².